The van der Waals surface area contributed by atoms with Gasteiger partial charge in [0.05, 0.1) is 19.6 Å². The molecule has 32 heavy (non-hydrogen) atoms. The Kier molecular flexibility index (Phi) is 9.49. The minimum Gasteiger partial charge on any atom is -0.504 e. The second kappa shape index (κ2) is 12.3. The van der Waals surface area contributed by atoms with Crippen LogP contribution in [0, 0.1) is 0 Å². The van der Waals surface area contributed by atoms with Crippen LogP contribution < -0.4 is 15.4 Å². The second-order valence-corrected chi connectivity index (χ2v) is 7.30. The van der Waals surface area contributed by atoms with Crippen molar-refractivity contribution in [1.82, 2.24) is 10.6 Å². The van der Waals surface area contributed by atoms with Crippen LogP contribution in [0.25, 0.3) is 0 Å². The van der Waals surface area contributed by atoms with Crippen molar-refractivity contribution in [3.05, 3.63) is 59.7 Å². The minimum absolute atomic E-state index is 0.0271. The number of hydrogen-bond acceptors (Lipinski definition) is 6. The zero-order chi connectivity index (χ0) is 23.5. The number of phenols is 1. The molecule has 0 saturated heterocycles. The van der Waals surface area contributed by atoms with Crippen molar-refractivity contribution in [3.8, 4) is 11.5 Å². The fourth-order valence-corrected chi connectivity index (χ4v) is 3.21. The Balaban J connectivity index is 1.92. The van der Waals surface area contributed by atoms with Crippen LogP contribution in [0.1, 0.15) is 24.0 Å². The Bertz CT molecular complexity index is 918. The maximum atomic E-state index is 12.6. The number of phenolic OH excluding ortho intramolecular Hbond substituents is 1. The number of rotatable bonds is 13. The lowest BCUT2D eigenvalue weighted by Crippen LogP contribution is -2.51. The molecule has 2 unspecified atom stereocenters. The Morgan fingerprint density at radius 1 is 1.00 bits per heavy atom. The molecular weight excluding hydrogens is 416 g/mol. The lowest BCUT2D eigenvalue weighted by Gasteiger charge is -2.20. The predicted molar refractivity (Wildman–Crippen MR) is 117 cm³/mol. The van der Waals surface area contributed by atoms with Gasteiger partial charge < -0.3 is 30.7 Å². The average Bonchev–Trinajstić information content (AvgIpc) is 2.75. The van der Waals surface area contributed by atoms with Crippen molar-refractivity contribution < 1.29 is 34.4 Å². The van der Waals surface area contributed by atoms with E-state index < -0.39 is 36.4 Å². The van der Waals surface area contributed by atoms with Crippen LogP contribution in [-0.2, 0) is 27.2 Å². The number of ether oxygens (including phenoxy) is 1. The standard InChI is InChI=1S/C23H28N2O7/c1-32-20-10-9-16(13-19(20)26)8-5-11-24-17(14-21(27)28)22(29)25-18(23(30)31)12-15-6-3-2-4-7-15/h2-4,6-7,9-10,13,17-18,24,26H,5,8,11-12,14H2,1H3,(H,25,29)(H,27,28)(H,30,31). The highest BCUT2D eigenvalue weighted by molar-refractivity contribution is 5.89. The van der Waals surface area contributed by atoms with Crippen molar-refractivity contribution in [2.45, 2.75) is 37.8 Å². The number of methoxy groups -OCH3 is 1. The zero-order valence-electron chi connectivity index (χ0n) is 17.8. The lowest BCUT2D eigenvalue weighted by molar-refractivity contribution is -0.143. The maximum Gasteiger partial charge on any atom is 0.326 e. The van der Waals surface area contributed by atoms with Crippen LogP contribution in [0.3, 0.4) is 0 Å². The number of aliphatic carboxylic acids is 2. The van der Waals surface area contributed by atoms with E-state index in [0.717, 1.165) is 11.1 Å². The van der Waals surface area contributed by atoms with E-state index in [-0.39, 0.29) is 12.2 Å². The molecule has 0 heterocycles. The summed E-state index contributed by atoms with van der Waals surface area (Å²) < 4.78 is 5.00. The van der Waals surface area contributed by atoms with Crippen molar-refractivity contribution in [2.24, 2.45) is 0 Å². The third kappa shape index (κ3) is 7.92. The molecule has 9 heteroatoms. The first-order valence-electron chi connectivity index (χ1n) is 10.2. The van der Waals surface area contributed by atoms with E-state index in [1.807, 2.05) is 0 Å². The number of amides is 1. The van der Waals surface area contributed by atoms with Crippen LogP contribution in [0.4, 0.5) is 0 Å². The SMILES string of the molecule is COc1ccc(CCCNC(CC(=O)O)C(=O)NC(Cc2ccccc2)C(=O)O)cc1O. The van der Waals surface area contributed by atoms with Crippen LogP contribution >= 0.6 is 0 Å². The number of carboxylic acids is 2. The van der Waals surface area contributed by atoms with Crippen molar-refractivity contribution in [2.75, 3.05) is 13.7 Å². The molecule has 1 amide bonds. The molecule has 2 atom stereocenters. The molecule has 5 N–H and O–H groups in total. The van der Waals surface area contributed by atoms with Gasteiger partial charge in [-0.25, -0.2) is 4.79 Å². The highest BCUT2D eigenvalue weighted by Crippen LogP contribution is 2.26. The number of nitrogens with one attached hydrogen (secondary N) is 2. The molecule has 0 aliphatic carbocycles. The molecule has 0 fully saturated rings. The molecule has 0 aliphatic heterocycles. The van der Waals surface area contributed by atoms with Gasteiger partial charge in [-0.1, -0.05) is 36.4 Å². The van der Waals surface area contributed by atoms with Gasteiger partial charge in [0.1, 0.15) is 6.04 Å². The topological polar surface area (TPSA) is 145 Å². The zero-order valence-corrected chi connectivity index (χ0v) is 17.8. The molecular formula is C23H28N2O7. The number of hydrogen-bond donors (Lipinski definition) is 5. The smallest absolute Gasteiger partial charge is 0.326 e. The maximum absolute atomic E-state index is 12.6. The average molecular weight is 444 g/mol. The molecule has 0 radical (unpaired) electrons. The molecule has 0 saturated carbocycles. The minimum atomic E-state index is -1.20. The van der Waals surface area contributed by atoms with Gasteiger partial charge in [-0.05, 0) is 42.6 Å². The molecule has 9 nitrogen and oxygen atoms in total. The summed E-state index contributed by atoms with van der Waals surface area (Å²) in [5, 5.41) is 33.8. The number of carboxylic acid groups (broad SMARTS) is 2. The van der Waals surface area contributed by atoms with Gasteiger partial charge in [0.15, 0.2) is 11.5 Å². The largest absolute Gasteiger partial charge is 0.504 e. The summed E-state index contributed by atoms with van der Waals surface area (Å²) >= 11 is 0. The monoisotopic (exact) mass is 444 g/mol. The Morgan fingerprint density at radius 3 is 2.31 bits per heavy atom. The van der Waals surface area contributed by atoms with Gasteiger partial charge in [-0.15, -0.1) is 0 Å². The number of aromatic hydroxyl groups is 1. The van der Waals surface area contributed by atoms with E-state index in [1.54, 1.807) is 48.5 Å². The van der Waals surface area contributed by atoms with E-state index in [4.69, 9.17) is 9.84 Å². The Morgan fingerprint density at radius 2 is 1.72 bits per heavy atom. The summed E-state index contributed by atoms with van der Waals surface area (Å²) in [5.74, 6) is -2.66. The highest BCUT2D eigenvalue weighted by atomic mass is 16.5. The van der Waals surface area contributed by atoms with E-state index >= 15 is 0 Å². The summed E-state index contributed by atoms with van der Waals surface area (Å²) in [7, 11) is 1.46. The van der Waals surface area contributed by atoms with E-state index in [1.165, 1.54) is 7.11 Å². The van der Waals surface area contributed by atoms with Gasteiger partial charge in [0.2, 0.25) is 5.91 Å². The molecule has 0 spiro atoms. The summed E-state index contributed by atoms with van der Waals surface area (Å²) in [4.78, 5) is 35.4. The van der Waals surface area contributed by atoms with Crippen LogP contribution in [0.2, 0.25) is 0 Å². The first-order chi connectivity index (χ1) is 15.3. The van der Waals surface area contributed by atoms with E-state index in [9.17, 15) is 24.6 Å². The number of aryl methyl sites for hydroxylation is 1. The van der Waals surface area contributed by atoms with Crippen LogP contribution in [0.15, 0.2) is 48.5 Å². The second-order valence-electron chi connectivity index (χ2n) is 7.30. The molecule has 172 valence electrons. The fourth-order valence-electron chi connectivity index (χ4n) is 3.21. The summed E-state index contributed by atoms with van der Waals surface area (Å²) in [6, 6.07) is 11.6. The molecule has 0 aromatic heterocycles. The quantitative estimate of drug-likeness (QED) is 0.293. The predicted octanol–water partition coefficient (Wildman–Crippen LogP) is 1.58. The van der Waals surface area contributed by atoms with Gasteiger partial charge in [-0.3, -0.25) is 9.59 Å². The van der Waals surface area contributed by atoms with E-state index in [2.05, 4.69) is 10.6 Å². The van der Waals surface area contributed by atoms with Crippen molar-refractivity contribution >= 4 is 17.8 Å². The number of benzene rings is 2. The highest BCUT2D eigenvalue weighted by Gasteiger charge is 2.26. The van der Waals surface area contributed by atoms with Gasteiger partial charge in [0.25, 0.3) is 0 Å². The van der Waals surface area contributed by atoms with Gasteiger partial charge >= 0.3 is 11.9 Å². The summed E-state index contributed by atoms with van der Waals surface area (Å²) in [5.41, 5.74) is 1.60. The summed E-state index contributed by atoms with van der Waals surface area (Å²) in [6.45, 7) is 0.328. The van der Waals surface area contributed by atoms with Crippen molar-refractivity contribution in [3.63, 3.8) is 0 Å². The van der Waals surface area contributed by atoms with Crippen LogP contribution in [-0.4, -0.2) is 58.9 Å². The van der Waals surface area contributed by atoms with Gasteiger partial charge in [0, 0.05) is 6.42 Å². The third-order valence-electron chi connectivity index (χ3n) is 4.87. The first-order valence-corrected chi connectivity index (χ1v) is 10.2. The van der Waals surface area contributed by atoms with E-state index in [0.29, 0.717) is 25.1 Å². The number of carbonyl (C=O) groups excluding carboxylic acids is 1. The first kappa shape index (κ1) is 24.7. The molecule has 2 aromatic carbocycles. The van der Waals surface area contributed by atoms with Crippen LogP contribution in [0.5, 0.6) is 11.5 Å². The Labute approximate surface area is 186 Å². The molecule has 0 bridgehead atoms. The third-order valence-corrected chi connectivity index (χ3v) is 4.87. The molecule has 2 rings (SSSR count). The lowest BCUT2D eigenvalue weighted by atomic mass is 10.0. The number of carbonyl (C=O) groups is 3. The summed E-state index contributed by atoms with van der Waals surface area (Å²) in [6.07, 6.45) is 0.759. The Hall–Kier alpha value is -3.59. The van der Waals surface area contributed by atoms with Crippen molar-refractivity contribution in [1.29, 1.82) is 0 Å². The molecule has 0 aliphatic rings. The fraction of sp³-hybridized carbons (Fsp3) is 0.348. The molecule has 2 aromatic rings. The normalized spacial score (nSPS) is 12.5. The van der Waals surface area contributed by atoms with Gasteiger partial charge in [-0.2, -0.15) is 0 Å².